The number of aryl methyl sites for hydroxylation is 2. The van der Waals surface area contributed by atoms with Gasteiger partial charge in [-0.25, -0.2) is 0 Å². The molecule has 4 aromatic carbocycles. The van der Waals surface area contributed by atoms with Gasteiger partial charge in [0.2, 0.25) is 0 Å². The smallest absolute Gasteiger partial charge is 0.417 e. The van der Waals surface area contributed by atoms with Crippen LogP contribution in [0.5, 0.6) is 17.2 Å². The van der Waals surface area contributed by atoms with E-state index in [2.05, 4.69) is 0 Å². The Morgan fingerprint density at radius 2 is 1.61 bits per heavy atom. The number of benzene rings is 4. The zero-order chi connectivity index (χ0) is 33.0. The first kappa shape index (κ1) is 32.1. The largest absolute Gasteiger partial charge is 0.489 e. The van der Waals surface area contributed by atoms with Gasteiger partial charge in [0.05, 0.1) is 17.8 Å². The molecule has 5 nitrogen and oxygen atoms in total. The van der Waals surface area contributed by atoms with Crippen LogP contribution in [0, 0.1) is 25.2 Å². The number of pyridine rings is 1. The zero-order valence-electron chi connectivity index (χ0n) is 26.0. The minimum Gasteiger partial charge on any atom is -0.489 e. The minimum atomic E-state index is -4.89. The predicted octanol–water partition coefficient (Wildman–Crippen LogP) is 9.57. The van der Waals surface area contributed by atoms with Crippen LogP contribution in [-0.4, -0.2) is 4.57 Å². The summed E-state index contributed by atoms with van der Waals surface area (Å²) in [6, 6.07) is 30.2. The molecule has 1 aromatic heterocycles. The Hall–Kier alpha value is -5.29. The van der Waals surface area contributed by atoms with Gasteiger partial charge in [-0.05, 0) is 84.0 Å². The zero-order valence-corrected chi connectivity index (χ0v) is 26.0. The molecule has 5 aromatic rings. The third-order valence-corrected chi connectivity index (χ3v) is 7.75. The monoisotopic (exact) mass is 622 g/mol. The fourth-order valence-electron chi connectivity index (χ4n) is 5.31. The van der Waals surface area contributed by atoms with E-state index in [0.717, 1.165) is 33.9 Å². The normalized spacial score (nSPS) is 11.4. The lowest BCUT2D eigenvalue weighted by molar-refractivity contribution is -0.137. The van der Waals surface area contributed by atoms with Crippen molar-refractivity contribution in [2.24, 2.45) is 0 Å². The molecular weight excluding hydrogens is 589 g/mol. The topological polar surface area (TPSA) is 64.2 Å². The predicted molar refractivity (Wildman–Crippen MR) is 172 cm³/mol. The van der Waals surface area contributed by atoms with E-state index in [1.54, 1.807) is 30.3 Å². The Balaban J connectivity index is 1.55. The van der Waals surface area contributed by atoms with Gasteiger partial charge in [-0.15, -0.1) is 0 Å². The molecule has 5 rings (SSSR count). The number of ether oxygens (including phenoxy) is 2. The molecule has 0 aliphatic carbocycles. The first-order chi connectivity index (χ1) is 21.9. The van der Waals surface area contributed by atoms with E-state index >= 15 is 0 Å². The number of nitriles is 1. The molecule has 0 bridgehead atoms. The third kappa shape index (κ3) is 7.16. The lowest BCUT2D eigenvalue weighted by Crippen LogP contribution is -2.29. The molecule has 0 N–H and O–H groups in total. The Kier molecular flexibility index (Phi) is 9.33. The van der Waals surface area contributed by atoms with Gasteiger partial charge >= 0.3 is 6.18 Å². The molecule has 1 heterocycles. The van der Waals surface area contributed by atoms with Gasteiger partial charge < -0.3 is 14.0 Å². The molecule has 0 aliphatic rings. The first-order valence-electron chi connectivity index (χ1n) is 14.8. The summed E-state index contributed by atoms with van der Waals surface area (Å²) in [5.74, 6) is 1.60. The summed E-state index contributed by atoms with van der Waals surface area (Å²) in [6.45, 7) is 8.11. The van der Waals surface area contributed by atoms with Crippen LogP contribution >= 0.6 is 0 Å². The van der Waals surface area contributed by atoms with E-state index in [9.17, 15) is 23.2 Å². The third-order valence-electron chi connectivity index (χ3n) is 7.75. The van der Waals surface area contributed by atoms with Crippen molar-refractivity contribution in [3.8, 4) is 34.6 Å². The summed E-state index contributed by atoms with van der Waals surface area (Å²) in [4.78, 5) is 13.6. The number of alkyl halides is 3. The Bertz CT molecular complexity index is 1970. The van der Waals surface area contributed by atoms with Crippen molar-refractivity contribution in [1.82, 2.24) is 4.57 Å². The number of hydrogen-bond acceptors (Lipinski definition) is 4. The molecule has 46 heavy (non-hydrogen) atoms. The molecule has 0 unspecified atom stereocenters. The summed E-state index contributed by atoms with van der Waals surface area (Å²) in [5.41, 5.74) is 1.69. The fourth-order valence-corrected chi connectivity index (χ4v) is 5.31. The maximum absolute atomic E-state index is 14.1. The summed E-state index contributed by atoms with van der Waals surface area (Å²) in [6.07, 6.45) is -4.89. The summed E-state index contributed by atoms with van der Waals surface area (Å²) in [5, 5.41) is 9.62. The summed E-state index contributed by atoms with van der Waals surface area (Å²) < 4.78 is 55.9. The molecule has 0 atom stereocenters. The van der Waals surface area contributed by atoms with E-state index in [-0.39, 0.29) is 18.2 Å². The van der Waals surface area contributed by atoms with Gasteiger partial charge in [0.15, 0.2) is 0 Å². The molecule has 0 amide bonds. The van der Waals surface area contributed by atoms with Crippen molar-refractivity contribution in [3.63, 3.8) is 0 Å². The van der Waals surface area contributed by atoms with Gasteiger partial charge in [0.1, 0.15) is 35.5 Å². The van der Waals surface area contributed by atoms with E-state index < -0.39 is 22.9 Å². The second-order valence-corrected chi connectivity index (χ2v) is 11.5. The van der Waals surface area contributed by atoms with Gasteiger partial charge in [-0.2, -0.15) is 18.4 Å². The van der Waals surface area contributed by atoms with E-state index in [1.807, 2.05) is 88.4 Å². The molecule has 0 fully saturated rings. The number of halogens is 3. The number of hydrogen-bond donors (Lipinski definition) is 0. The fraction of sp³-hybridized carbons (Fsp3) is 0.211. The van der Waals surface area contributed by atoms with Crippen molar-refractivity contribution >= 4 is 0 Å². The maximum atomic E-state index is 14.1. The Morgan fingerprint density at radius 1 is 0.870 bits per heavy atom. The highest BCUT2D eigenvalue weighted by Gasteiger charge is 2.36. The molecule has 0 spiro atoms. The number of rotatable bonds is 9. The van der Waals surface area contributed by atoms with Gasteiger partial charge in [0, 0.05) is 6.07 Å². The lowest BCUT2D eigenvalue weighted by Gasteiger charge is -2.21. The average Bonchev–Trinajstić information content (AvgIpc) is 3.02. The molecule has 8 heteroatoms. The average molecular weight is 623 g/mol. The standard InChI is InChI=1S/C38H33F3N2O3/c1-24(2)32-18-28(15-16-36(32)46-31-12-8-11-30(19-31)45-23-27-9-6-5-7-10-27)35-20-34(38(39,40)41)33(21-42)37(44)43(35)22-29-14-13-25(3)17-26(29)4/h5-20,24H,22-23H2,1-4H3. The van der Waals surface area contributed by atoms with Crippen molar-refractivity contribution < 1.29 is 22.6 Å². The second-order valence-electron chi connectivity index (χ2n) is 11.5. The quantitative estimate of drug-likeness (QED) is 0.164. The molecule has 0 radical (unpaired) electrons. The van der Waals surface area contributed by atoms with E-state index in [1.165, 1.54) is 10.6 Å². The van der Waals surface area contributed by atoms with Crippen LogP contribution in [0.2, 0.25) is 0 Å². The van der Waals surface area contributed by atoms with Crippen LogP contribution in [0.1, 0.15) is 58.7 Å². The van der Waals surface area contributed by atoms with Crippen molar-refractivity contribution in [3.05, 3.63) is 146 Å². The SMILES string of the molecule is Cc1ccc(Cn2c(-c3ccc(Oc4cccc(OCc5ccccc5)c4)c(C(C)C)c3)cc(C(F)(F)F)c(C#N)c2=O)c(C)c1. The number of aromatic nitrogens is 1. The highest BCUT2D eigenvalue weighted by Crippen LogP contribution is 2.38. The van der Waals surface area contributed by atoms with Gasteiger partial charge in [-0.1, -0.05) is 74.0 Å². The van der Waals surface area contributed by atoms with Crippen molar-refractivity contribution in [1.29, 1.82) is 5.26 Å². The molecule has 0 saturated heterocycles. The van der Waals surface area contributed by atoms with E-state index in [0.29, 0.717) is 29.4 Å². The van der Waals surface area contributed by atoms with Gasteiger partial charge in [-0.3, -0.25) is 4.79 Å². The minimum absolute atomic E-state index is 0.00185. The second kappa shape index (κ2) is 13.4. The summed E-state index contributed by atoms with van der Waals surface area (Å²) in [7, 11) is 0. The van der Waals surface area contributed by atoms with Gasteiger partial charge in [0.25, 0.3) is 5.56 Å². The van der Waals surface area contributed by atoms with Crippen LogP contribution in [0.15, 0.2) is 102 Å². The van der Waals surface area contributed by atoms with E-state index in [4.69, 9.17) is 9.47 Å². The lowest BCUT2D eigenvalue weighted by atomic mass is 9.96. The Labute approximate surface area is 266 Å². The first-order valence-corrected chi connectivity index (χ1v) is 14.8. The van der Waals surface area contributed by atoms with Crippen LogP contribution < -0.4 is 15.0 Å². The van der Waals surface area contributed by atoms with Crippen molar-refractivity contribution in [2.75, 3.05) is 0 Å². The highest BCUT2D eigenvalue weighted by molar-refractivity contribution is 5.66. The van der Waals surface area contributed by atoms with Crippen LogP contribution in [0.25, 0.3) is 11.3 Å². The maximum Gasteiger partial charge on any atom is 0.417 e. The molecule has 0 saturated carbocycles. The number of nitrogens with zero attached hydrogens (tertiary/aromatic N) is 2. The molecular formula is C38H33F3N2O3. The van der Waals surface area contributed by atoms with Crippen molar-refractivity contribution in [2.45, 2.75) is 52.9 Å². The highest BCUT2D eigenvalue weighted by atomic mass is 19.4. The molecule has 234 valence electrons. The van der Waals surface area contributed by atoms with Crippen LogP contribution in [0.4, 0.5) is 13.2 Å². The molecule has 0 aliphatic heterocycles. The van der Waals surface area contributed by atoms with Crippen LogP contribution in [-0.2, 0) is 19.3 Å². The summed E-state index contributed by atoms with van der Waals surface area (Å²) >= 11 is 0. The van der Waals surface area contributed by atoms with Crippen LogP contribution in [0.3, 0.4) is 0 Å². The Morgan fingerprint density at radius 3 is 2.28 bits per heavy atom.